The molecule has 5 rings (SSSR count). The molecule has 5 aromatic heterocycles. The summed E-state index contributed by atoms with van der Waals surface area (Å²) in [5, 5.41) is 9.11. The number of halogens is 4. The molecular formula is C19H15F4N7S. The molecule has 0 spiro atoms. The molecule has 0 N–H and O–H groups in total. The Morgan fingerprint density at radius 3 is 2.39 bits per heavy atom. The van der Waals surface area contributed by atoms with Gasteiger partial charge in [0.05, 0.1) is 5.52 Å². The predicted molar refractivity (Wildman–Crippen MR) is 107 cm³/mol. The van der Waals surface area contributed by atoms with Gasteiger partial charge in [0.2, 0.25) is 0 Å². The average Bonchev–Trinajstić information content (AvgIpc) is 3.40. The molecule has 0 aliphatic carbocycles. The van der Waals surface area contributed by atoms with E-state index in [1.54, 1.807) is 20.8 Å². The number of thiophene rings is 1. The number of aromatic nitrogens is 7. The highest BCUT2D eigenvalue weighted by Gasteiger charge is 2.23. The van der Waals surface area contributed by atoms with Gasteiger partial charge in [-0.1, -0.05) is 0 Å². The second-order valence-corrected chi connectivity index (χ2v) is 8.24. The van der Waals surface area contributed by atoms with Crippen LogP contribution in [0, 0.1) is 13.8 Å². The first-order valence-corrected chi connectivity index (χ1v) is 10.1. The minimum Gasteiger partial charge on any atom is -0.259 e. The first-order chi connectivity index (χ1) is 14.7. The van der Waals surface area contributed by atoms with Gasteiger partial charge in [-0.15, -0.1) is 16.4 Å². The lowest BCUT2D eigenvalue weighted by Crippen LogP contribution is -2.12. The van der Waals surface area contributed by atoms with Crippen LogP contribution < -0.4 is 0 Å². The molecule has 0 aromatic carbocycles. The molecule has 0 saturated carbocycles. The summed E-state index contributed by atoms with van der Waals surface area (Å²) >= 11 is 1.22. The van der Waals surface area contributed by atoms with Gasteiger partial charge in [0.15, 0.2) is 11.5 Å². The fraction of sp³-hybridized carbons (Fsp3) is 0.316. The molecule has 5 heterocycles. The van der Waals surface area contributed by atoms with Crippen molar-refractivity contribution in [3.05, 3.63) is 46.9 Å². The molecule has 0 saturated heterocycles. The van der Waals surface area contributed by atoms with E-state index in [0.717, 1.165) is 0 Å². The quantitative estimate of drug-likeness (QED) is 0.353. The van der Waals surface area contributed by atoms with Crippen molar-refractivity contribution in [2.75, 3.05) is 0 Å². The zero-order chi connectivity index (χ0) is 22.0. The normalized spacial score (nSPS) is 13.5. The Bertz CT molecular complexity index is 1450. The molecular weight excluding hydrogens is 434 g/mol. The standard InChI is InChI=1S/C19H15F4N7S/c1-7-4-10(15(20)21)25-19-12(7)13-14(31-19)18-26-17(28-29(18)6-24-13)9(3)30-8(2)5-11(27-30)16(22)23/h4-6,9,15-16H,1-3H3/t9-/m0/s1. The van der Waals surface area contributed by atoms with Gasteiger partial charge in [-0.2, -0.15) is 5.10 Å². The van der Waals surface area contributed by atoms with Gasteiger partial charge in [-0.05, 0) is 38.5 Å². The van der Waals surface area contributed by atoms with E-state index < -0.39 is 18.9 Å². The molecule has 12 heteroatoms. The van der Waals surface area contributed by atoms with E-state index in [1.165, 1.54) is 39.0 Å². The SMILES string of the molecule is Cc1cc(C(F)F)nc2sc3c(ncn4nc([C@H](C)n5nc(C(F)F)cc5C)nc34)c12. The molecule has 1 atom stereocenters. The number of pyridine rings is 1. The third-order valence-electron chi connectivity index (χ3n) is 5.13. The lowest BCUT2D eigenvalue weighted by Gasteiger charge is -2.10. The first kappa shape index (κ1) is 19.8. The van der Waals surface area contributed by atoms with Gasteiger partial charge in [0.1, 0.15) is 33.3 Å². The van der Waals surface area contributed by atoms with Crippen LogP contribution in [0.3, 0.4) is 0 Å². The Morgan fingerprint density at radius 1 is 0.968 bits per heavy atom. The second-order valence-electron chi connectivity index (χ2n) is 7.24. The van der Waals surface area contributed by atoms with Gasteiger partial charge in [0.25, 0.3) is 12.9 Å². The summed E-state index contributed by atoms with van der Waals surface area (Å²) in [6.45, 7) is 5.19. The van der Waals surface area contributed by atoms with Crippen LogP contribution in [0.25, 0.3) is 26.1 Å². The van der Waals surface area contributed by atoms with E-state index in [0.29, 0.717) is 43.2 Å². The Balaban J connectivity index is 1.67. The maximum atomic E-state index is 13.2. The van der Waals surface area contributed by atoms with Crippen LogP contribution in [0.4, 0.5) is 17.6 Å². The Kier molecular flexibility index (Phi) is 4.43. The summed E-state index contributed by atoms with van der Waals surface area (Å²) in [5.41, 5.74) is 1.73. The number of hydrogen-bond donors (Lipinski definition) is 0. The van der Waals surface area contributed by atoms with Gasteiger partial charge < -0.3 is 0 Å². The molecule has 160 valence electrons. The fourth-order valence-corrected chi connectivity index (χ4v) is 4.85. The Labute approximate surface area is 176 Å². The largest absolute Gasteiger partial charge is 0.282 e. The highest BCUT2D eigenvalue weighted by molar-refractivity contribution is 7.26. The van der Waals surface area contributed by atoms with Crippen LogP contribution >= 0.6 is 11.3 Å². The second kappa shape index (κ2) is 6.94. The summed E-state index contributed by atoms with van der Waals surface area (Å²) in [5.74, 6) is 0.372. The van der Waals surface area contributed by atoms with E-state index in [2.05, 4.69) is 25.1 Å². The number of aryl methyl sites for hydroxylation is 2. The van der Waals surface area contributed by atoms with E-state index >= 15 is 0 Å². The Hall–Kier alpha value is -3.15. The molecule has 31 heavy (non-hydrogen) atoms. The molecule has 0 amide bonds. The highest BCUT2D eigenvalue weighted by Crippen LogP contribution is 2.37. The lowest BCUT2D eigenvalue weighted by atomic mass is 10.1. The number of hydrogen-bond acceptors (Lipinski definition) is 6. The maximum Gasteiger partial charge on any atom is 0.282 e. The van der Waals surface area contributed by atoms with E-state index in [1.807, 2.05) is 0 Å². The molecule has 0 fully saturated rings. The topological polar surface area (TPSA) is 73.8 Å². The van der Waals surface area contributed by atoms with E-state index in [9.17, 15) is 17.6 Å². The summed E-state index contributed by atoms with van der Waals surface area (Å²) < 4.78 is 56.0. The monoisotopic (exact) mass is 449 g/mol. The number of alkyl halides is 4. The summed E-state index contributed by atoms with van der Waals surface area (Å²) in [6, 6.07) is 2.20. The molecule has 5 aromatic rings. The number of nitrogens with zero attached hydrogens (tertiary/aromatic N) is 7. The zero-order valence-corrected chi connectivity index (χ0v) is 17.3. The first-order valence-electron chi connectivity index (χ1n) is 9.32. The van der Waals surface area contributed by atoms with Crippen molar-refractivity contribution in [3.63, 3.8) is 0 Å². The van der Waals surface area contributed by atoms with E-state index in [4.69, 9.17) is 0 Å². The highest BCUT2D eigenvalue weighted by atomic mass is 32.1. The van der Waals surface area contributed by atoms with Crippen LogP contribution in [-0.2, 0) is 0 Å². The van der Waals surface area contributed by atoms with Gasteiger partial charge >= 0.3 is 0 Å². The summed E-state index contributed by atoms with van der Waals surface area (Å²) in [4.78, 5) is 13.6. The van der Waals surface area contributed by atoms with Crippen molar-refractivity contribution in [2.45, 2.75) is 39.7 Å². The van der Waals surface area contributed by atoms with Crippen molar-refractivity contribution in [1.29, 1.82) is 0 Å². The van der Waals surface area contributed by atoms with Crippen LogP contribution in [0.15, 0.2) is 18.5 Å². The smallest absolute Gasteiger partial charge is 0.259 e. The van der Waals surface area contributed by atoms with Crippen molar-refractivity contribution in [1.82, 2.24) is 34.3 Å². The van der Waals surface area contributed by atoms with E-state index in [-0.39, 0.29) is 11.4 Å². The van der Waals surface area contributed by atoms with Gasteiger partial charge in [0, 0.05) is 11.1 Å². The zero-order valence-electron chi connectivity index (χ0n) is 16.5. The third-order valence-corrected chi connectivity index (χ3v) is 6.20. The fourth-order valence-electron chi connectivity index (χ4n) is 3.66. The minimum absolute atomic E-state index is 0.285. The van der Waals surface area contributed by atoms with Crippen LogP contribution in [0.2, 0.25) is 0 Å². The van der Waals surface area contributed by atoms with Crippen molar-refractivity contribution in [2.24, 2.45) is 0 Å². The summed E-state index contributed by atoms with van der Waals surface area (Å²) in [7, 11) is 0. The van der Waals surface area contributed by atoms with Crippen LogP contribution in [0.5, 0.6) is 0 Å². The predicted octanol–water partition coefficient (Wildman–Crippen LogP) is 5.19. The molecule has 7 nitrogen and oxygen atoms in total. The molecule has 0 unspecified atom stereocenters. The molecule has 0 aliphatic rings. The van der Waals surface area contributed by atoms with Crippen molar-refractivity contribution >= 4 is 37.4 Å². The van der Waals surface area contributed by atoms with Crippen LogP contribution in [-0.4, -0.2) is 34.3 Å². The third kappa shape index (κ3) is 3.04. The average molecular weight is 449 g/mol. The lowest BCUT2D eigenvalue weighted by molar-refractivity contribution is 0.144. The number of rotatable bonds is 4. The Morgan fingerprint density at radius 2 is 1.71 bits per heavy atom. The van der Waals surface area contributed by atoms with Crippen molar-refractivity contribution in [3.8, 4) is 0 Å². The molecule has 0 radical (unpaired) electrons. The minimum atomic E-state index is -2.67. The molecule has 0 bridgehead atoms. The van der Waals surface area contributed by atoms with Gasteiger partial charge in [-0.3, -0.25) is 4.68 Å². The number of fused-ring (bicyclic) bond motifs is 5. The van der Waals surface area contributed by atoms with Crippen LogP contribution in [0.1, 0.15) is 54.3 Å². The van der Waals surface area contributed by atoms with Gasteiger partial charge in [-0.25, -0.2) is 37.0 Å². The summed E-state index contributed by atoms with van der Waals surface area (Å²) in [6.07, 6.45) is -3.84. The van der Waals surface area contributed by atoms with Crippen molar-refractivity contribution < 1.29 is 17.6 Å². The molecule has 0 aliphatic heterocycles. The maximum absolute atomic E-state index is 13.2.